The lowest BCUT2D eigenvalue weighted by molar-refractivity contribution is -0.134. The highest BCUT2D eigenvalue weighted by molar-refractivity contribution is 5.63. The summed E-state index contributed by atoms with van der Waals surface area (Å²) in [6.45, 7) is 1.08. The molecule has 17 heavy (non-hydrogen) atoms. The van der Waals surface area contributed by atoms with E-state index in [2.05, 4.69) is 41.7 Å². The maximum atomic E-state index is 9.00. The number of fused-ring (bicyclic) bond motifs is 3. The van der Waals surface area contributed by atoms with Crippen LogP contribution in [0.25, 0.3) is 0 Å². The van der Waals surface area contributed by atoms with Crippen molar-refractivity contribution in [1.29, 1.82) is 0 Å². The van der Waals surface area contributed by atoms with Gasteiger partial charge in [0.2, 0.25) is 0 Å². The minimum absolute atomic E-state index is 0.630. The van der Waals surface area contributed by atoms with Gasteiger partial charge < -0.3 is 10.4 Å². The topological polar surface area (TPSA) is 49.3 Å². The van der Waals surface area contributed by atoms with Crippen LogP contribution < -0.4 is 5.32 Å². The molecule has 2 unspecified atom stereocenters. The molecule has 0 fully saturated rings. The normalized spacial score (nSPS) is 23.8. The van der Waals surface area contributed by atoms with E-state index in [4.69, 9.17) is 9.90 Å². The summed E-state index contributed by atoms with van der Waals surface area (Å²) in [7, 11) is 0. The van der Waals surface area contributed by atoms with Crippen LogP contribution in [0.15, 0.2) is 36.4 Å². The second kappa shape index (κ2) is 5.04. The lowest BCUT2D eigenvalue weighted by atomic mass is 9.88. The van der Waals surface area contributed by atoms with E-state index in [0.717, 1.165) is 6.92 Å². The van der Waals surface area contributed by atoms with E-state index in [0.29, 0.717) is 12.0 Å². The molecular formula is C14H17NO2. The standard InChI is InChI=1S/C12H13N.C2H4O2/c1-3-7-11-9(5-1)10-6-2-4-8-12(10)13-11;1-2(3)4/h1-3,5-7,10,12-13H,4,8H2;1H3,(H,3,4). The summed E-state index contributed by atoms with van der Waals surface area (Å²) < 4.78 is 0. The van der Waals surface area contributed by atoms with Crippen molar-refractivity contribution in [3.05, 3.63) is 42.0 Å². The van der Waals surface area contributed by atoms with E-state index < -0.39 is 5.97 Å². The van der Waals surface area contributed by atoms with Gasteiger partial charge in [0.15, 0.2) is 0 Å². The molecule has 1 aromatic rings. The van der Waals surface area contributed by atoms with Crippen LogP contribution in [0.5, 0.6) is 0 Å². The van der Waals surface area contributed by atoms with Crippen molar-refractivity contribution >= 4 is 11.7 Å². The Kier molecular flexibility index (Phi) is 3.47. The highest BCUT2D eigenvalue weighted by Gasteiger charge is 2.30. The first-order valence-electron chi connectivity index (χ1n) is 5.90. The van der Waals surface area contributed by atoms with E-state index in [1.807, 2.05) is 0 Å². The van der Waals surface area contributed by atoms with Crippen molar-refractivity contribution in [2.24, 2.45) is 0 Å². The first-order chi connectivity index (χ1) is 8.18. The molecule has 1 heterocycles. The number of nitrogens with one attached hydrogen (secondary N) is 1. The number of aliphatic carboxylic acids is 1. The predicted molar refractivity (Wildman–Crippen MR) is 68.3 cm³/mol. The third-order valence-electron chi connectivity index (χ3n) is 3.08. The van der Waals surface area contributed by atoms with Crippen LogP contribution >= 0.6 is 0 Å². The second-order valence-corrected chi connectivity index (χ2v) is 4.39. The zero-order chi connectivity index (χ0) is 12.3. The molecule has 1 aliphatic heterocycles. The average molecular weight is 231 g/mol. The maximum absolute atomic E-state index is 9.00. The maximum Gasteiger partial charge on any atom is 0.300 e. The molecule has 2 N–H and O–H groups in total. The third kappa shape index (κ3) is 2.67. The SMILES string of the molecule is C1=CC2c3ccccc3NC2CC1.CC(=O)O. The number of allylic oxidation sites excluding steroid dienone is 1. The Labute approximate surface area is 101 Å². The molecule has 3 nitrogen and oxygen atoms in total. The predicted octanol–water partition coefficient (Wildman–Crippen LogP) is 3.01. The first kappa shape index (κ1) is 11.7. The molecule has 3 heteroatoms. The van der Waals surface area contributed by atoms with Gasteiger partial charge in [-0.3, -0.25) is 4.79 Å². The second-order valence-electron chi connectivity index (χ2n) is 4.39. The molecule has 0 radical (unpaired) electrons. The summed E-state index contributed by atoms with van der Waals surface area (Å²) in [5.74, 6) is -0.204. The molecule has 0 saturated carbocycles. The van der Waals surface area contributed by atoms with Crippen LogP contribution in [-0.4, -0.2) is 17.1 Å². The van der Waals surface area contributed by atoms with Crippen LogP contribution in [0, 0.1) is 0 Å². The van der Waals surface area contributed by atoms with Gasteiger partial charge in [-0.2, -0.15) is 0 Å². The van der Waals surface area contributed by atoms with Crippen molar-refractivity contribution in [3.63, 3.8) is 0 Å². The average Bonchev–Trinajstić information content (AvgIpc) is 2.66. The lowest BCUT2D eigenvalue weighted by Gasteiger charge is -2.20. The van der Waals surface area contributed by atoms with Crippen molar-refractivity contribution in [2.75, 3.05) is 5.32 Å². The fourth-order valence-corrected chi connectivity index (χ4v) is 2.43. The summed E-state index contributed by atoms with van der Waals surface area (Å²) in [6.07, 6.45) is 7.16. The quantitative estimate of drug-likeness (QED) is 0.675. The van der Waals surface area contributed by atoms with E-state index in [-0.39, 0.29) is 0 Å². The Morgan fingerprint density at radius 1 is 1.41 bits per heavy atom. The Morgan fingerprint density at radius 2 is 2.12 bits per heavy atom. The number of anilines is 1. The summed E-state index contributed by atoms with van der Waals surface area (Å²) in [4.78, 5) is 9.00. The molecule has 2 aliphatic rings. The first-order valence-corrected chi connectivity index (χ1v) is 5.90. The summed E-state index contributed by atoms with van der Waals surface area (Å²) >= 11 is 0. The van der Waals surface area contributed by atoms with E-state index in [9.17, 15) is 0 Å². The van der Waals surface area contributed by atoms with Crippen molar-refractivity contribution in [1.82, 2.24) is 0 Å². The summed E-state index contributed by atoms with van der Waals surface area (Å²) in [5, 5.41) is 11.0. The molecule has 0 aromatic heterocycles. The van der Waals surface area contributed by atoms with Crippen LogP contribution in [0.1, 0.15) is 31.2 Å². The van der Waals surface area contributed by atoms with Gasteiger partial charge in [0, 0.05) is 24.6 Å². The molecule has 1 aliphatic carbocycles. The zero-order valence-electron chi connectivity index (χ0n) is 9.89. The number of carbonyl (C=O) groups is 1. The van der Waals surface area contributed by atoms with Crippen LogP contribution in [0.2, 0.25) is 0 Å². The van der Waals surface area contributed by atoms with E-state index in [1.165, 1.54) is 24.1 Å². The van der Waals surface area contributed by atoms with Crippen LogP contribution in [-0.2, 0) is 4.79 Å². The van der Waals surface area contributed by atoms with Crippen LogP contribution in [0.3, 0.4) is 0 Å². The van der Waals surface area contributed by atoms with E-state index >= 15 is 0 Å². The Hall–Kier alpha value is -1.77. The van der Waals surface area contributed by atoms with Gasteiger partial charge in [0.05, 0.1) is 0 Å². The minimum atomic E-state index is -0.833. The summed E-state index contributed by atoms with van der Waals surface area (Å²) in [6, 6.07) is 9.31. The minimum Gasteiger partial charge on any atom is -0.481 e. The molecule has 3 rings (SSSR count). The van der Waals surface area contributed by atoms with Gasteiger partial charge >= 0.3 is 0 Å². The number of carboxylic acid groups (broad SMARTS) is 1. The molecule has 1 aromatic carbocycles. The fourth-order valence-electron chi connectivity index (χ4n) is 2.43. The van der Waals surface area contributed by atoms with Crippen molar-refractivity contribution < 1.29 is 9.90 Å². The van der Waals surface area contributed by atoms with Gasteiger partial charge in [-0.15, -0.1) is 0 Å². The number of para-hydroxylation sites is 1. The highest BCUT2D eigenvalue weighted by Crippen LogP contribution is 2.40. The smallest absolute Gasteiger partial charge is 0.300 e. The Balaban J connectivity index is 0.000000239. The lowest BCUT2D eigenvalue weighted by Crippen LogP contribution is -2.21. The Morgan fingerprint density at radius 3 is 2.88 bits per heavy atom. The number of hydrogen-bond donors (Lipinski definition) is 2. The zero-order valence-corrected chi connectivity index (χ0v) is 9.89. The molecule has 0 bridgehead atoms. The van der Waals surface area contributed by atoms with Gasteiger partial charge in [0.1, 0.15) is 0 Å². The Bertz CT molecular complexity index is 436. The van der Waals surface area contributed by atoms with Crippen LogP contribution in [0.4, 0.5) is 5.69 Å². The number of rotatable bonds is 0. The van der Waals surface area contributed by atoms with Gasteiger partial charge in [-0.25, -0.2) is 0 Å². The molecule has 0 amide bonds. The van der Waals surface area contributed by atoms with Crippen molar-refractivity contribution in [2.45, 2.75) is 31.7 Å². The van der Waals surface area contributed by atoms with Gasteiger partial charge in [0.25, 0.3) is 5.97 Å². The number of carboxylic acids is 1. The van der Waals surface area contributed by atoms with E-state index in [1.54, 1.807) is 0 Å². The highest BCUT2D eigenvalue weighted by atomic mass is 16.4. The summed E-state index contributed by atoms with van der Waals surface area (Å²) in [5.41, 5.74) is 2.81. The molecule has 0 saturated heterocycles. The number of hydrogen-bond acceptors (Lipinski definition) is 2. The number of benzene rings is 1. The van der Waals surface area contributed by atoms with Crippen molar-refractivity contribution in [3.8, 4) is 0 Å². The largest absolute Gasteiger partial charge is 0.481 e. The van der Waals surface area contributed by atoms with Gasteiger partial charge in [-0.1, -0.05) is 30.4 Å². The van der Waals surface area contributed by atoms with Gasteiger partial charge in [-0.05, 0) is 24.5 Å². The molecular weight excluding hydrogens is 214 g/mol. The fraction of sp³-hybridized carbons (Fsp3) is 0.357. The molecule has 0 spiro atoms. The molecule has 2 atom stereocenters. The third-order valence-corrected chi connectivity index (χ3v) is 3.08. The monoisotopic (exact) mass is 231 g/mol. The molecule has 90 valence electrons.